The molecule has 0 saturated carbocycles. The lowest BCUT2D eigenvalue weighted by molar-refractivity contribution is -0.120. The first-order valence-corrected chi connectivity index (χ1v) is 4.11. The molecule has 1 heterocycles. The van der Waals surface area contributed by atoms with E-state index in [0.29, 0.717) is 10.3 Å². The Hall–Kier alpha value is -1.04. The Morgan fingerprint density at radius 1 is 1.83 bits per heavy atom. The highest BCUT2D eigenvalue weighted by molar-refractivity contribution is 9.10. The molecule has 0 aromatic carbocycles. The molecule has 1 atom stereocenters. The Bertz CT molecular complexity index is 289. The zero-order valence-electron chi connectivity index (χ0n) is 6.49. The zero-order valence-corrected chi connectivity index (χ0v) is 8.08. The molecule has 0 bridgehead atoms. The topological polar surface area (TPSA) is 86.9 Å². The van der Waals surface area contributed by atoms with Gasteiger partial charge in [-0.2, -0.15) is 5.10 Å². The van der Waals surface area contributed by atoms with Crippen LogP contribution < -0.4 is 11.5 Å². The first kappa shape index (κ1) is 9.05. The van der Waals surface area contributed by atoms with Crippen LogP contribution in [0.3, 0.4) is 0 Å². The van der Waals surface area contributed by atoms with E-state index in [1.165, 1.54) is 4.68 Å². The number of anilines is 1. The molecule has 0 radical (unpaired) electrons. The van der Waals surface area contributed by atoms with Crippen molar-refractivity contribution in [2.75, 3.05) is 5.73 Å². The third-order valence-corrected chi connectivity index (χ3v) is 2.13. The maximum Gasteiger partial charge on any atom is 0.241 e. The average molecular weight is 233 g/mol. The number of nitrogens with zero attached hydrogens (tertiary/aromatic N) is 2. The Balaban J connectivity index is 2.96. The van der Waals surface area contributed by atoms with Crippen LogP contribution >= 0.6 is 15.9 Å². The fourth-order valence-corrected chi connectivity index (χ4v) is 1.00. The minimum absolute atomic E-state index is 0.350. The number of amides is 1. The Kier molecular flexibility index (Phi) is 2.37. The van der Waals surface area contributed by atoms with Crippen LogP contribution in [0.1, 0.15) is 13.0 Å². The number of nitrogens with two attached hydrogens (primary N) is 2. The van der Waals surface area contributed by atoms with Crippen molar-refractivity contribution in [2.24, 2.45) is 5.73 Å². The van der Waals surface area contributed by atoms with Crippen molar-refractivity contribution < 1.29 is 4.79 Å². The van der Waals surface area contributed by atoms with Crippen LogP contribution in [-0.2, 0) is 4.79 Å². The highest BCUT2D eigenvalue weighted by Crippen LogP contribution is 2.18. The second kappa shape index (κ2) is 3.14. The number of halogens is 1. The molecule has 4 N–H and O–H groups in total. The van der Waals surface area contributed by atoms with E-state index >= 15 is 0 Å². The molecule has 5 nitrogen and oxygen atoms in total. The minimum atomic E-state index is -0.474. The van der Waals surface area contributed by atoms with Crippen LogP contribution in [0.5, 0.6) is 0 Å². The molecule has 1 amide bonds. The van der Waals surface area contributed by atoms with E-state index in [4.69, 9.17) is 11.5 Å². The largest absolute Gasteiger partial charge is 0.381 e. The molecule has 1 rings (SSSR count). The van der Waals surface area contributed by atoms with Gasteiger partial charge in [0.15, 0.2) is 5.82 Å². The van der Waals surface area contributed by atoms with Gasteiger partial charge in [0.2, 0.25) is 5.91 Å². The van der Waals surface area contributed by atoms with E-state index in [9.17, 15) is 4.79 Å². The van der Waals surface area contributed by atoms with E-state index < -0.39 is 11.9 Å². The molecule has 0 saturated heterocycles. The number of aromatic nitrogens is 2. The van der Waals surface area contributed by atoms with Gasteiger partial charge in [0.05, 0.1) is 4.47 Å². The smallest absolute Gasteiger partial charge is 0.241 e. The van der Waals surface area contributed by atoms with Crippen molar-refractivity contribution in [3.8, 4) is 0 Å². The molecule has 1 aromatic rings. The normalized spacial score (nSPS) is 12.8. The number of nitrogen functional groups attached to an aromatic ring is 1. The summed E-state index contributed by atoms with van der Waals surface area (Å²) in [6.07, 6.45) is 1.62. The Morgan fingerprint density at radius 2 is 2.42 bits per heavy atom. The Morgan fingerprint density at radius 3 is 2.75 bits per heavy atom. The van der Waals surface area contributed by atoms with Crippen molar-refractivity contribution in [1.29, 1.82) is 0 Å². The van der Waals surface area contributed by atoms with E-state index in [1.54, 1.807) is 13.1 Å². The minimum Gasteiger partial charge on any atom is -0.381 e. The van der Waals surface area contributed by atoms with Gasteiger partial charge in [0.25, 0.3) is 0 Å². The van der Waals surface area contributed by atoms with Crippen molar-refractivity contribution >= 4 is 27.7 Å². The summed E-state index contributed by atoms with van der Waals surface area (Å²) >= 11 is 3.17. The van der Waals surface area contributed by atoms with Gasteiger partial charge in [-0.15, -0.1) is 0 Å². The fraction of sp³-hybridized carbons (Fsp3) is 0.333. The second-order valence-electron chi connectivity index (χ2n) is 2.42. The summed E-state index contributed by atoms with van der Waals surface area (Å²) in [7, 11) is 0. The summed E-state index contributed by atoms with van der Waals surface area (Å²) in [5.74, 6) is -0.0897. The maximum absolute atomic E-state index is 10.7. The zero-order chi connectivity index (χ0) is 9.30. The summed E-state index contributed by atoms with van der Waals surface area (Å²) in [5.41, 5.74) is 10.5. The summed E-state index contributed by atoms with van der Waals surface area (Å²) in [5, 5.41) is 3.88. The number of primary amides is 1. The molecule has 1 unspecified atom stereocenters. The predicted molar refractivity (Wildman–Crippen MR) is 48.2 cm³/mol. The van der Waals surface area contributed by atoms with Gasteiger partial charge >= 0.3 is 0 Å². The molecule has 0 aliphatic heterocycles. The van der Waals surface area contributed by atoms with E-state index in [1.807, 2.05) is 0 Å². The predicted octanol–water partition coefficient (Wildman–Crippen LogP) is 0.274. The number of hydrogen-bond acceptors (Lipinski definition) is 3. The van der Waals surface area contributed by atoms with Gasteiger partial charge in [0, 0.05) is 6.20 Å². The third kappa shape index (κ3) is 1.58. The lowest BCUT2D eigenvalue weighted by Gasteiger charge is -2.05. The van der Waals surface area contributed by atoms with Crippen molar-refractivity contribution in [3.05, 3.63) is 10.7 Å². The molecule has 12 heavy (non-hydrogen) atoms. The monoisotopic (exact) mass is 232 g/mol. The van der Waals surface area contributed by atoms with Crippen molar-refractivity contribution in [2.45, 2.75) is 13.0 Å². The van der Waals surface area contributed by atoms with Gasteiger partial charge < -0.3 is 11.5 Å². The van der Waals surface area contributed by atoms with Gasteiger partial charge in [-0.3, -0.25) is 9.48 Å². The second-order valence-corrected chi connectivity index (χ2v) is 3.27. The first-order chi connectivity index (χ1) is 5.52. The highest BCUT2D eigenvalue weighted by atomic mass is 79.9. The van der Waals surface area contributed by atoms with Gasteiger partial charge in [-0.25, -0.2) is 0 Å². The lowest BCUT2D eigenvalue weighted by Crippen LogP contribution is -2.24. The summed E-state index contributed by atoms with van der Waals surface area (Å²) in [6.45, 7) is 1.65. The molecule has 0 fully saturated rings. The lowest BCUT2D eigenvalue weighted by atomic mass is 10.3. The molecular weight excluding hydrogens is 224 g/mol. The first-order valence-electron chi connectivity index (χ1n) is 3.32. The van der Waals surface area contributed by atoms with Crippen LogP contribution in [0.25, 0.3) is 0 Å². The summed E-state index contributed by atoms with van der Waals surface area (Å²) in [4.78, 5) is 10.7. The number of rotatable bonds is 2. The number of carbonyl (C=O) groups is 1. The average Bonchev–Trinajstić information content (AvgIpc) is 2.30. The fourth-order valence-electron chi connectivity index (χ4n) is 0.712. The van der Waals surface area contributed by atoms with Crippen LogP contribution in [0.4, 0.5) is 5.82 Å². The van der Waals surface area contributed by atoms with Crippen LogP contribution in [0.2, 0.25) is 0 Å². The van der Waals surface area contributed by atoms with E-state index in [0.717, 1.165) is 0 Å². The standard InChI is InChI=1S/C6H9BrN4O/c1-3(6(9)12)11-2-4(7)5(8)10-11/h2-3H,1H3,(H2,8,10)(H2,9,12). The number of hydrogen-bond donors (Lipinski definition) is 2. The summed E-state index contributed by atoms with van der Waals surface area (Å²) < 4.78 is 2.08. The van der Waals surface area contributed by atoms with Crippen LogP contribution in [-0.4, -0.2) is 15.7 Å². The molecule has 66 valence electrons. The molecule has 0 aliphatic rings. The maximum atomic E-state index is 10.7. The molecule has 0 aliphatic carbocycles. The third-order valence-electron chi connectivity index (χ3n) is 1.52. The molecule has 0 spiro atoms. The van der Waals surface area contributed by atoms with Gasteiger partial charge in [0.1, 0.15) is 6.04 Å². The highest BCUT2D eigenvalue weighted by Gasteiger charge is 2.13. The summed E-state index contributed by atoms with van der Waals surface area (Å²) in [6, 6.07) is -0.474. The quantitative estimate of drug-likeness (QED) is 0.768. The van der Waals surface area contributed by atoms with Gasteiger partial charge in [-0.1, -0.05) is 0 Å². The van der Waals surface area contributed by atoms with E-state index in [-0.39, 0.29) is 0 Å². The number of carbonyl (C=O) groups excluding carboxylic acids is 1. The van der Waals surface area contributed by atoms with Crippen LogP contribution in [0.15, 0.2) is 10.7 Å². The van der Waals surface area contributed by atoms with Crippen molar-refractivity contribution in [1.82, 2.24) is 9.78 Å². The van der Waals surface area contributed by atoms with Crippen LogP contribution in [0, 0.1) is 0 Å². The molecular formula is C6H9BrN4O. The van der Waals surface area contributed by atoms with E-state index in [2.05, 4.69) is 21.0 Å². The molecule has 6 heteroatoms. The Labute approximate surface area is 77.8 Å². The SMILES string of the molecule is CC(C(N)=O)n1cc(Br)c(N)n1. The van der Waals surface area contributed by atoms with Gasteiger partial charge in [-0.05, 0) is 22.9 Å². The molecule has 1 aromatic heterocycles. The van der Waals surface area contributed by atoms with Crippen molar-refractivity contribution in [3.63, 3.8) is 0 Å².